The van der Waals surface area contributed by atoms with E-state index in [1.54, 1.807) is 19.0 Å². The average Bonchev–Trinajstić information content (AvgIpc) is 2.94. The molecule has 6 heteroatoms. The number of aliphatic imine (C=N–C) groups is 1. The Labute approximate surface area is 128 Å². The van der Waals surface area contributed by atoms with Crippen LogP contribution in [0.2, 0.25) is 0 Å². The lowest BCUT2D eigenvalue weighted by atomic mass is 10.1. The zero-order valence-electron chi connectivity index (χ0n) is 14.0. The molecule has 0 aliphatic carbocycles. The van der Waals surface area contributed by atoms with E-state index in [4.69, 9.17) is 4.74 Å². The first kappa shape index (κ1) is 17.8. The van der Waals surface area contributed by atoms with Gasteiger partial charge in [0.05, 0.1) is 6.61 Å². The highest BCUT2D eigenvalue weighted by Gasteiger charge is 2.17. The number of nitrogens with zero attached hydrogens (tertiary/aromatic N) is 2. The second-order valence-corrected chi connectivity index (χ2v) is 6.24. The zero-order chi connectivity index (χ0) is 15.8. The fourth-order valence-electron chi connectivity index (χ4n) is 1.81. The molecule has 21 heavy (non-hydrogen) atoms. The molecule has 122 valence electrons. The molecular formula is C15H30N4O2. The number of nitrogens with one attached hydrogen (secondary N) is 2. The van der Waals surface area contributed by atoms with E-state index in [0.29, 0.717) is 23.8 Å². The molecule has 0 saturated carbocycles. The highest BCUT2D eigenvalue weighted by molar-refractivity contribution is 5.84. The minimum absolute atomic E-state index is 0.00232. The Morgan fingerprint density at radius 1 is 1.38 bits per heavy atom. The first-order valence-electron chi connectivity index (χ1n) is 7.73. The van der Waals surface area contributed by atoms with Crippen molar-refractivity contribution in [1.29, 1.82) is 0 Å². The third kappa shape index (κ3) is 6.80. The van der Waals surface area contributed by atoms with Crippen LogP contribution >= 0.6 is 0 Å². The Kier molecular flexibility index (Phi) is 7.50. The van der Waals surface area contributed by atoms with Gasteiger partial charge >= 0.3 is 0 Å². The lowest BCUT2D eigenvalue weighted by molar-refractivity contribution is -0.127. The zero-order valence-corrected chi connectivity index (χ0v) is 14.0. The van der Waals surface area contributed by atoms with Gasteiger partial charge in [0.25, 0.3) is 0 Å². The largest absolute Gasteiger partial charge is 0.381 e. The summed E-state index contributed by atoms with van der Waals surface area (Å²) >= 11 is 0. The SMILES string of the molecule is CC(C)C(C)NC(=NCC(=O)N(C)C)NCC1CCOC1. The maximum atomic E-state index is 11.7. The van der Waals surface area contributed by atoms with Crippen molar-refractivity contribution in [3.8, 4) is 0 Å². The van der Waals surface area contributed by atoms with Crippen LogP contribution in [0.1, 0.15) is 27.2 Å². The van der Waals surface area contributed by atoms with Gasteiger partial charge in [-0.3, -0.25) is 4.79 Å². The number of rotatable bonds is 6. The minimum Gasteiger partial charge on any atom is -0.381 e. The molecule has 0 bridgehead atoms. The van der Waals surface area contributed by atoms with Gasteiger partial charge in [-0.05, 0) is 19.3 Å². The summed E-state index contributed by atoms with van der Waals surface area (Å²) in [5, 5.41) is 6.69. The van der Waals surface area contributed by atoms with Crippen LogP contribution < -0.4 is 10.6 Å². The highest BCUT2D eigenvalue weighted by atomic mass is 16.5. The molecule has 1 rings (SSSR count). The summed E-state index contributed by atoms with van der Waals surface area (Å²) < 4.78 is 5.38. The topological polar surface area (TPSA) is 66.0 Å². The summed E-state index contributed by atoms with van der Waals surface area (Å²) in [6.07, 6.45) is 1.08. The fourth-order valence-corrected chi connectivity index (χ4v) is 1.81. The van der Waals surface area contributed by atoms with Gasteiger partial charge in [0, 0.05) is 39.2 Å². The third-order valence-electron chi connectivity index (χ3n) is 3.82. The van der Waals surface area contributed by atoms with Crippen LogP contribution in [0.5, 0.6) is 0 Å². The molecule has 0 aromatic heterocycles. The third-order valence-corrected chi connectivity index (χ3v) is 3.82. The van der Waals surface area contributed by atoms with Gasteiger partial charge in [0.15, 0.2) is 5.96 Å². The van der Waals surface area contributed by atoms with Crippen molar-refractivity contribution in [3.05, 3.63) is 0 Å². The molecule has 2 N–H and O–H groups in total. The van der Waals surface area contributed by atoms with Crippen molar-refractivity contribution in [2.45, 2.75) is 33.2 Å². The second-order valence-electron chi connectivity index (χ2n) is 6.24. The van der Waals surface area contributed by atoms with Gasteiger partial charge < -0.3 is 20.3 Å². The number of guanidine groups is 1. The molecule has 0 radical (unpaired) electrons. The summed E-state index contributed by atoms with van der Waals surface area (Å²) in [7, 11) is 3.48. The number of ether oxygens (including phenoxy) is 1. The van der Waals surface area contributed by atoms with E-state index in [0.717, 1.165) is 26.2 Å². The molecule has 6 nitrogen and oxygen atoms in total. The van der Waals surface area contributed by atoms with Gasteiger partial charge in [-0.15, -0.1) is 0 Å². The number of likely N-dealkylation sites (N-methyl/N-ethyl adjacent to an activating group) is 1. The Hall–Kier alpha value is -1.30. The van der Waals surface area contributed by atoms with Crippen LogP contribution in [-0.2, 0) is 9.53 Å². The highest BCUT2D eigenvalue weighted by Crippen LogP contribution is 2.10. The molecule has 1 aliphatic rings. The standard InChI is InChI=1S/C15H30N4O2/c1-11(2)12(3)18-15(17-9-14(20)19(4)5)16-8-13-6-7-21-10-13/h11-13H,6-10H2,1-5H3,(H2,16,17,18). The molecule has 0 aromatic rings. The molecule has 2 atom stereocenters. The summed E-state index contributed by atoms with van der Waals surface area (Å²) in [5.41, 5.74) is 0. The smallest absolute Gasteiger partial charge is 0.243 e. The monoisotopic (exact) mass is 298 g/mol. The Morgan fingerprint density at radius 3 is 2.62 bits per heavy atom. The van der Waals surface area contributed by atoms with Gasteiger partial charge in [0.2, 0.25) is 5.91 Å². The summed E-state index contributed by atoms with van der Waals surface area (Å²) in [6, 6.07) is 0.297. The fraction of sp³-hybridized carbons (Fsp3) is 0.867. The molecule has 1 fully saturated rings. The van der Waals surface area contributed by atoms with Gasteiger partial charge in [-0.2, -0.15) is 0 Å². The minimum atomic E-state index is -0.00232. The van der Waals surface area contributed by atoms with Crippen LogP contribution in [-0.4, -0.2) is 63.2 Å². The number of amides is 1. The predicted octanol–water partition coefficient (Wildman–Crippen LogP) is 0.691. The first-order chi connectivity index (χ1) is 9.90. The number of carbonyl (C=O) groups excluding carboxylic acids is 1. The van der Waals surface area contributed by atoms with E-state index in [1.807, 2.05) is 0 Å². The van der Waals surface area contributed by atoms with Crippen molar-refractivity contribution >= 4 is 11.9 Å². The van der Waals surface area contributed by atoms with Crippen molar-refractivity contribution < 1.29 is 9.53 Å². The maximum Gasteiger partial charge on any atom is 0.243 e. The van der Waals surface area contributed by atoms with E-state index < -0.39 is 0 Å². The van der Waals surface area contributed by atoms with E-state index in [9.17, 15) is 4.79 Å². The molecule has 2 unspecified atom stereocenters. The van der Waals surface area contributed by atoms with E-state index in [2.05, 4.69) is 36.4 Å². The van der Waals surface area contributed by atoms with Crippen LogP contribution in [0.3, 0.4) is 0 Å². The molecule has 0 aromatic carbocycles. The number of hydrogen-bond acceptors (Lipinski definition) is 3. The summed E-state index contributed by atoms with van der Waals surface area (Å²) in [5.74, 6) is 1.73. The Bertz CT molecular complexity index is 350. The Balaban J connectivity index is 2.55. The lowest BCUT2D eigenvalue weighted by Crippen LogP contribution is -2.46. The van der Waals surface area contributed by atoms with E-state index in [1.165, 1.54) is 0 Å². The van der Waals surface area contributed by atoms with Crippen LogP contribution in [0.15, 0.2) is 4.99 Å². The number of hydrogen-bond donors (Lipinski definition) is 2. The molecular weight excluding hydrogens is 268 g/mol. The number of carbonyl (C=O) groups is 1. The predicted molar refractivity (Wildman–Crippen MR) is 85.4 cm³/mol. The van der Waals surface area contributed by atoms with Crippen molar-refractivity contribution in [2.75, 3.05) is 40.4 Å². The van der Waals surface area contributed by atoms with Crippen LogP contribution in [0.25, 0.3) is 0 Å². The Morgan fingerprint density at radius 2 is 2.10 bits per heavy atom. The molecule has 0 spiro atoms. The normalized spacial score (nSPS) is 20.5. The maximum absolute atomic E-state index is 11.7. The van der Waals surface area contributed by atoms with Crippen LogP contribution in [0.4, 0.5) is 0 Å². The second kappa shape index (κ2) is 8.87. The van der Waals surface area contributed by atoms with Gasteiger partial charge in [-0.25, -0.2) is 4.99 Å². The average molecular weight is 298 g/mol. The molecule has 1 heterocycles. The van der Waals surface area contributed by atoms with Crippen molar-refractivity contribution in [3.63, 3.8) is 0 Å². The summed E-state index contributed by atoms with van der Waals surface area (Å²) in [4.78, 5) is 17.6. The molecule has 1 saturated heterocycles. The van der Waals surface area contributed by atoms with Gasteiger partial charge in [0.1, 0.15) is 6.54 Å². The quantitative estimate of drug-likeness (QED) is 0.559. The molecule has 1 amide bonds. The van der Waals surface area contributed by atoms with E-state index in [-0.39, 0.29) is 12.5 Å². The van der Waals surface area contributed by atoms with E-state index >= 15 is 0 Å². The summed E-state index contributed by atoms with van der Waals surface area (Å²) in [6.45, 7) is 9.07. The van der Waals surface area contributed by atoms with Crippen molar-refractivity contribution in [2.24, 2.45) is 16.8 Å². The van der Waals surface area contributed by atoms with Crippen molar-refractivity contribution in [1.82, 2.24) is 15.5 Å². The lowest BCUT2D eigenvalue weighted by Gasteiger charge is -2.22. The van der Waals surface area contributed by atoms with Crippen LogP contribution in [0, 0.1) is 11.8 Å². The van der Waals surface area contributed by atoms with Gasteiger partial charge in [-0.1, -0.05) is 13.8 Å². The molecule has 1 aliphatic heterocycles. The first-order valence-corrected chi connectivity index (χ1v) is 7.73.